The summed E-state index contributed by atoms with van der Waals surface area (Å²) in [5.41, 5.74) is 0.284. The Bertz CT molecular complexity index is 915. The number of benzene rings is 1. The van der Waals surface area contributed by atoms with Gasteiger partial charge in [-0.05, 0) is 30.2 Å². The third kappa shape index (κ3) is 2.83. The van der Waals surface area contributed by atoms with Crippen LogP contribution in [0.5, 0.6) is 0 Å². The molecule has 9 heteroatoms. The van der Waals surface area contributed by atoms with Crippen molar-refractivity contribution in [3.8, 4) is 6.07 Å². The lowest BCUT2D eigenvalue weighted by molar-refractivity contribution is -0.380. The number of nitro groups is 1. The number of carbonyl (C=O) groups is 2. The highest BCUT2D eigenvalue weighted by Crippen LogP contribution is 2.31. The van der Waals surface area contributed by atoms with E-state index in [9.17, 15) is 19.7 Å². The predicted octanol–water partition coefficient (Wildman–Crippen LogP) is 2.50. The van der Waals surface area contributed by atoms with E-state index >= 15 is 0 Å². The number of nitriles is 1. The lowest BCUT2D eigenvalue weighted by Crippen LogP contribution is -2.40. The summed E-state index contributed by atoms with van der Waals surface area (Å²) in [5.74, 6) is -0.448. The number of imide groups is 1. The molecular formula is C16H12N4O4S. The molecule has 1 aromatic heterocycles. The van der Waals surface area contributed by atoms with Gasteiger partial charge in [-0.25, -0.2) is 4.79 Å². The van der Waals surface area contributed by atoms with Crippen molar-refractivity contribution in [1.82, 2.24) is 10.2 Å². The van der Waals surface area contributed by atoms with Crippen LogP contribution in [-0.4, -0.2) is 21.8 Å². The van der Waals surface area contributed by atoms with Crippen LogP contribution in [0.3, 0.4) is 0 Å². The topological polar surface area (TPSA) is 116 Å². The van der Waals surface area contributed by atoms with Crippen LogP contribution in [0.1, 0.15) is 23.6 Å². The largest absolute Gasteiger partial charge is 0.325 e. The van der Waals surface area contributed by atoms with E-state index in [2.05, 4.69) is 5.32 Å². The van der Waals surface area contributed by atoms with Crippen LogP contribution < -0.4 is 5.32 Å². The van der Waals surface area contributed by atoms with E-state index in [0.29, 0.717) is 16.7 Å². The highest BCUT2D eigenvalue weighted by molar-refractivity contribution is 7.13. The van der Waals surface area contributed by atoms with Crippen LogP contribution >= 0.6 is 11.3 Å². The lowest BCUT2D eigenvalue weighted by Gasteiger charge is -2.22. The first kappa shape index (κ1) is 16.6. The molecular weight excluding hydrogens is 344 g/mol. The summed E-state index contributed by atoms with van der Waals surface area (Å²) in [7, 11) is 0. The van der Waals surface area contributed by atoms with Crippen LogP contribution in [0.4, 0.5) is 9.80 Å². The van der Waals surface area contributed by atoms with Gasteiger partial charge in [-0.3, -0.25) is 19.8 Å². The van der Waals surface area contributed by atoms with Gasteiger partial charge in [-0.1, -0.05) is 23.5 Å². The normalized spacial score (nSPS) is 19.6. The number of urea groups is 1. The van der Waals surface area contributed by atoms with E-state index in [0.717, 1.165) is 16.2 Å². The van der Waals surface area contributed by atoms with Gasteiger partial charge in [0, 0.05) is 11.4 Å². The van der Waals surface area contributed by atoms with Gasteiger partial charge >= 0.3 is 11.0 Å². The fourth-order valence-electron chi connectivity index (χ4n) is 2.64. The van der Waals surface area contributed by atoms with Gasteiger partial charge in [0.15, 0.2) is 0 Å². The van der Waals surface area contributed by atoms with Gasteiger partial charge in [-0.2, -0.15) is 5.26 Å². The highest BCUT2D eigenvalue weighted by Gasteiger charge is 2.48. The van der Waals surface area contributed by atoms with Crippen molar-refractivity contribution in [3.63, 3.8) is 0 Å². The molecule has 25 heavy (non-hydrogen) atoms. The molecule has 0 radical (unpaired) electrons. The van der Waals surface area contributed by atoms with Gasteiger partial charge in [0.2, 0.25) is 0 Å². The zero-order chi connectivity index (χ0) is 18.2. The Kier molecular flexibility index (Phi) is 3.98. The Balaban J connectivity index is 1.85. The zero-order valence-corrected chi connectivity index (χ0v) is 13.9. The molecule has 1 aliphatic rings. The maximum absolute atomic E-state index is 12.8. The van der Waals surface area contributed by atoms with Gasteiger partial charge in [0.25, 0.3) is 5.91 Å². The number of hydrogen-bond acceptors (Lipinski definition) is 6. The van der Waals surface area contributed by atoms with Crippen molar-refractivity contribution in [2.45, 2.75) is 19.0 Å². The molecule has 2 heterocycles. The number of rotatable bonds is 4. The van der Waals surface area contributed by atoms with Gasteiger partial charge < -0.3 is 5.32 Å². The summed E-state index contributed by atoms with van der Waals surface area (Å²) in [6.07, 6.45) is 0. The van der Waals surface area contributed by atoms with Crippen LogP contribution in [0.15, 0.2) is 35.7 Å². The fourth-order valence-corrected chi connectivity index (χ4v) is 3.36. The summed E-state index contributed by atoms with van der Waals surface area (Å²) >= 11 is 0.944. The third-order valence-corrected chi connectivity index (χ3v) is 4.96. The number of carbonyl (C=O) groups excluding carboxylic acids is 2. The van der Waals surface area contributed by atoms with Crippen molar-refractivity contribution >= 4 is 28.3 Å². The standard InChI is InChI=1S/C16H12N4O4S/c1-16(12-4-2-10(7-17)3-5-12)14(21)19(15(22)18-16)8-11-6-13(20(23)24)25-9-11/h2-6,9H,8H2,1H3,(H,18,22). The van der Waals surface area contributed by atoms with Gasteiger partial charge in [-0.15, -0.1) is 0 Å². The number of nitrogens with zero attached hydrogens (tertiary/aromatic N) is 3. The molecule has 1 N–H and O–H groups in total. The van der Waals surface area contributed by atoms with E-state index in [1.807, 2.05) is 6.07 Å². The molecule has 126 valence electrons. The van der Waals surface area contributed by atoms with E-state index < -0.39 is 22.4 Å². The number of nitrogens with one attached hydrogen (secondary N) is 1. The van der Waals surface area contributed by atoms with Crippen LogP contribution in [0, 0.1) is 21.4 Å². The first-order chi connectivity index (χ1) is 11.8. The van der Waals surface area contributed by atoms with Crippen molar-refractivity contribution < 1.29 is 14.5 Å². The molecule has 1 saturated heterocycles. The van der Waals surface area contributed by atoms with Gasteiger partial charge in [0.1, 0.15) is 5.54 Å². The predicted molar refractivity (Wildman–Crippen MR) is 88.6 cm³/mol. The molecule has 1 atom stereocenters. The molecule has 1 unspecified atom stereocenters. The molecule has 3 amide bonds. The molecule has 3 rings (SSSR count). The molecule has 8 nitrogen and oxygen atoms in total. The molecule has 1 aromatic carbocycles. The van der Waals surface area contributed by atoms with Gasteiger partial charge in [0.05, 0.1) is 23.1 Å². The maximum atomic E-state index is 12.8. The molecule has 0 saturated carbocycles. The van der Waals surface area contributed by atoms with Crippen molar-refractivity contribution in [1.29, 1.82) is 5.26 Å². The highest BCUT2D eigenvalue weighted by atomic mass is 32.1. The smallest absolute Gasteiger partial charge is 0.319 e. The summed E-state index contributed by atoms with van der Waals surface area (Å²) in [4.78, 5) is 36.3. The first-order valence-corrected chi connectivity index (χ1v) is 8.09. The van der Waals surface area contributed by atoms with E-state index in [1.165, 1.54) is 6.07 Å². The number of amides is 3. The SMILES string of the molecule is CC1(c2ccc(C#N)cc2)NC(=O)N(Cc2csc([N+](=O)[O-])c2)C1=O. The zero-order valence-electron chi connectivity index (χ0n) is 13.1. The minimum Gasteiger partial charge on any atom is -0.319 e. The Morgan fingerprint density at radius 2 is 2.04 bits per heavy atom. The summed E-state index contributed by atoms with van der Waals surface area (Å²) in [6.45, 7) is 1.55. The molecule has 1 aliphatic heterocycles. The summed E-state index contributed by atoms with van der Waals surface area (Å²) in [5, 5.41) is 23.8. The van der Waals surface area contributed by atoms with Crippen LogP contribution in [0.25, 0.3) is 0 Å². The molecule has 0 bridgehead atoms. The Morgan fingerprint density at radius 1 is 1.36 bits per heavy atom. The van der Waals surface area contributed by atoms with E-state index in [4.69, 9.17) is 5.26 Å². The second kappa shape index (κ2) is 5.99. The minimum absolute atomic E-state index is 0.0408. The maximum Gasteiger partial charge on any atom is 0.325 e. The first-order valence-electron chi connectivity index (χ1n) is 7.21. The van der Waals surface area contributed by atoms with Crippen molar-refractivity contribution in [2.75, 3.05) is 0 Å². The third-order valence-electron chi connectivity index (χ3n) is 4.03. The van der Waals surface area contributed by atoms with Crippen LogP contribution in [0.2, 0.25) is 0 Å². The Labute approximate surface area is 146 Å². The quantitative estimate of drug-likeness (QED) is 0.513. The fraction of sp³-hybridized carbons (Fsp3) is 0.188. The summed E-state index contributed by atoms with van der Waals surface area (Å²) < 4.78 is 0. The molecule has 2 aromatic rings. The average Bonchev–Trinajstić information content (AvgIpc) is 3.15. The second-order valence-corrected chi connectivity index (χ2v) is 6.58. The number of thiophene rings is 1. The molecule has 0 spiro atoms. The molecule has 1 fully saturated rings. The minimum atomic E-state index is -1.24. The molecule has 0 aliphatic carbocycles. The Hall–Kier alpha value is -3.25. The number of hydrogen-bond donors (Lipinski definition) is 1. The Morgan fingerprint density at radius 3 is 2.60 bits per heavy atom. The van der Waals surface area contributed by atoms with E-state index in [-0.39, 0.29) is 11.5 Å². The monoisotopic (exact) mass is 356 g/mol. The van der Waals surface area contributed by atoms with E-state index in [1.54, 1.807) is 36.6 Å². The van der Waals surface area contributed by atoms with Crippen molar-refractivity contribution in [2.24, 2.45) is 0 Å². The van der Waals surface area contributed by atoms with Crippen molar-refractivity contribution in [3.05, 3.63) is 62.5 Å². The average molecular weight is 356 g/mol. The van der Waals surface area contributed by atoms with Crippen LogP contribution in [-0.2, 0) is 16.9 Å². The summed E-state index contributed by atoms with van der Waals surface area (Å²) in [6, 6.07) is 9.17. The second-order valence-electron chi connectivity index (χ2n) is 5.69. The lowest BCUT2D eigenvalue weighted by atomic mass is 9.91.